The molecule has 1 saturated heterocycles. The molecule has 1 amide bonds. The average Bonchev–Trinajstić information content (AvgIpc) is 2.09. The zero-order chi connectivity index (χ0) is 9.68. The summed E-state index contributed by atoms with van der Waals surface area (Å²) in [5.74, 6) is 0.780. The van der Waals surface area contributed by atoms with E-state index in [-0.39, 0.29) is 5.91 Å². The molecule has 0 unspecified atom stereocenters. The number of piperidine rings is 1. The predicted molar refractivity (Wildman–Crippen MR) is 57.1 cm³/mol. The summed E-state index contributed by atoms with van der Waals surface area (Å²) >= 11 is 4.02. The van der Waals surface area contributed by atoms with Crippen LogP contribution in [-0.4, -0.2) is 42.7 Å². The van der Waals surface area contributed by atoms with Crippen molar-refractivity contribution < 1.29 is 4.79 Å². The summed E-state index contributed by atoms with van der Waals surface area (Å²) in [5.41, 5.74) is 0. The second-order valence-corrected chi connectivity index (χ2v) is 4.07. The SMILES string of the molecule is CN1CCC(NC(=O)CCS)CC1. The summed E-state index contributed by atoms with van der Waals surface area (Å²) in [6.07, 6.45) is 2.69. The van der Waals surface area contributed by atoms with Gasteiger partial charge in [0.05, 0.1) is 0 Å². The summed E-state index contributed by atoms with van der Waals surface area (Å²) in [5, 5.41) is 3.03. The number of nitrogens with one attached hydrogen (secondary N) is 1. The lowest BCUT2D eigenvalue weighted by Gasteiger charge is -2.29. The van der Waals surface area contributed by atoms with Crippen molar-refractivity contribution in [3.63, 3.8) is 0 Å². The molecule has 1 rings (SSSR count). The van der Waals surface area contributed by atoms with Gasteiger partial charge in [0, 0.05) is 12.5 Å². The van der Waals surface area contributed by atoms with Crippen LogP contribution < -0.4 is 5.32 Å². The normalized spacial score (nSPS) is 20.2. The van der Waals surface area contributed by atoms with Crippen LogP contribution in [0.5, 0.6) is 0 Å². The topological polar surface area (TPSA) is 32.3 Å². The molecule has 13 heavy (non-hydrogen) atoms. The van der Waals surface area contributed by atoms with Crippen LogP contribution in [0.3, 0.4) is 0 Å². The van der Waals surface area contributed by atoms with Gasteiger partial charge < -0.3 is 10.2 Å². The lowest BCUT2D eigenvalue weighted by molar-refractivity contribution is -0.121. The van der Waals surface area contributed by atoms with Gasteiger partial charge >= 0.3 is 0 Å². The third kappa shape index (κ3) is 4.00. The average molecular weight is 202 g/mol. The Balaban J connectivity index is 2.18. The molecule has 1 aliphatic heterocycles. The first-order chi connectivity index (χ1) is 6.22. The van der Waals surface area contributed by atoms with E-state index in [1.54, 1.807) is 0 Å². The maximum absolute atomic E-state index is 11.2. The minimum atomic E-state index is 0.143. The van der Waals surface area contributed by atoms with Crippen molar-refractivity contribution in [2.75, 3.05) is 25.9 Å². The van der Waals surface area contributed by atoms with Crippen LogP contribution >= 0.6 is 12.6 Å². The summed E-state index contributed by atoms with van der Waals surface area (Å²) in [7, 11) is 2.12. The van der Waals surface area contributed by atoms with Crippen LogP contribution in [0.1, 0.15) is 19.3 Å². The molecule has 1 N–H and O–H groups in total. The van der Waals surface area contributed by atoms with Crippen molar-refractivity contribution in [2.24, 2.45) is 0 Å². The van der Waals surface area contributed by atoms with Crippen molar-refractivity contribution in [3.05, 3.63) is 0 Å². The van der Waals surface area contributed by atoms with Gasteiger partial charge in [0.15, 0.2) is 0 Å². The minimum absolute atomic E-state index is 0.143. The van der Waals surface area contributed by atoms with Crippen LogP contribution in [0.2, 0.25) is 0 Å². The van der Waals surface area contributed by atoms with Crippen molar-refractivity contribution >= 4 is 18.5 Å². The molecule has 0 aromatic rings. The fourth-order valence-corrected chi connectivity index (χ4v) is 1.76. The van der Waals surface area contributed by atoms with Crippen molar-refractivity contribution in [3.8, 4) is 0 Å². The van der Waals surface area contributed by atoms with Crippen molar-refractivity contribution in [2.45, 2.75) is 25.3 Å². The number of hydrogen-bond acceptors (Lipinski definition) is 3. The Bertz CT molecular complexity index is 167. The summed E-state index contributed by atoms with van der Waals surface area (Å²) < 4.78 is 0. The van der Waals surface area contributed by atoms with E-state index in [1.807, 2.05) is 0 Å². The van der Waals surface area contributed by atoms with Gasteiger partial charge in [0.2, 0.25) is 5.91 Å². The van der Waals surface area contributed by atoms with E-state index in [4.69, 9.17) is 0 Å². The van der Waals surface area contributed by atoms with Gasteiger partial charge in [-0.05, 0) is 38.7 Å². The Morgan fingerprint density at radius 2 is 2.15 bits per heavy atom. The molecule has 0 aromatic heterocycles. The first-order valence-corrected chi connectivity index (χ1v) is 5.44. The van der Waals surface area contributed by atoms with E-state index in [2.05, 4.69) is 29.9 Å². The standard InChI is InChI=1S/C9H18N2OS/c1-11-5-2-8(3-6-11)10-9(12)4-7-13/h8,13H,2-7H2,1H3,(H,10,12). The van der Waals surface area contributed by atoms with Crippen molar-refractivity contribution in [1.29, 1.82) is 0 Å². The Morgan fingerprint density at radius 3 is 2.69 bits per heavy atom. The fourth-order valence-electron chi connectivity index (χ4n) is 1.55. The minimum Gasteiger partial charge on any atom is -0.353 e. The van der Waals surface area contributed by atoms with Crippen molar-refractivity contribution in [1.82, 2.24) is 10.2 Å². The molecule has 0 saturated carbocycles. The second kappa shape index (κ2) is 5.50. The Labute approximate surface area is 85.3 Å². The zero-order valence-corrected chi connectivity index (χ0v) is 9.02. The maximum Gasteiger partial charge on any atom is 0.221 e. The number of carbonyl (C=O) groups is 1. The number of rotatable bonds is 3. The largest absolute Gasteiger partial charge is 0.353 e. The quantitative estimate of drug-likeness (QED) is 0.654. The number of thiol groups is 1. The fraction of sp³-hybridized carbons (Fsp3) is 0.889. The summed E-state index contributed by atoms with van der Waals surface area (Å²) in [6.45, 7) is 2.18. The number of amides is 1. The highest BCUT2D eigenvalue weighted by Gasteiger charge is 2.17. The van der Waals surface area contributed by atoms with Crippen LogP contribution in [0.15, 0.2) is 0 Å². The Kier molecular flexibility index (Phi) is 4.59. The van der Waals surface area contributed by atoms with Gasteiger partial charge in [-0.3, -0.25) is 4.79 Å². The summed E-state index contributed by atoms with van der Waals surface area (Å²) in [6, 6.07) is 0.392. The van der Waals surface area contributed by atoms with Gasteiger partial charge in [-0.15, -0.1) is 0 Å². The molecule has 0 aliphatic carbocycles. The molecule has 1 heterocycles. The number of nitrogens with zero attached hydrogens (tertiary/aromatic N) is 1. The van der Waals surface area contributed by atoms with E-state index in [1.165, 1.54) is 0 Å². The lowest BCUT2D eigenvalue weighted by atomic mass is 10.1. The van der Waals surface area contributed by atoms with Gasteiger partial charge in [-0.1, -0.05) is 0 Å². The third-order valence-corrected chi connectivity index (χ3v) is 2.65. The third-order valence-electron chi connectivity index (χ3n) is 2.42. The molecule has 0 atom stereocenters. The monoisotopic (exact) mass is 202 g/mol. The molecule has 0 spiro atoms. The molecule has 0 bridgehead atoms. The van der Waals surface area contributed by atoms with Crippen LogP contribution in [-0.2, 0) is 4.79 Å². The highest BCUT2D eigenvalue weighted by molar-refractivity contribution is 7.80. The predicted octanol–water partition coefficient (Wildman–Crippen LogP) is 0.517. The molecule has 4 heteroatoms. The molecule has 1 fully saturated rings. The smallest absolute Gasteiger partial charge is 0.221 e. The first kappa shape index (κ1) is 10.9. The number of carbonyl (C=O) groups excluding carboxylic acids is 1. The number of hydrogen-bond donors (Lipinski definition) is 2. The highest BCUT2D eigenvalue weighted by Crippen LogP contribution is 2.08. The van der Waals surface area contributed by atoms with E-state index in [0.29, 0.717) is 18.2 Å². The highest BCUT2D eigenvalue weighted by atomic mass is 32.1. The van der Waals surface area contributed by atoms with E-state index >= 15 is 0 Å². The molecular formula is C9H18N2OS. The maximum atomic E-state index is 11.2. The zero-order valence-electron chi connectivity index (χ0n) is 8.12. The Hall–Kier alpha value is -0.220. The van der Waals surface area contributed by atoms with Crippen LogP contribution in [0, 0.1) is 0 Å². The molecule has 3 nitrogen and oxygen atoms in total. The first-order valence-electron chi connectivity index (χ1n) is 4.81. The lowest BCUT2D eigenvalue weighted by Crippen LogP contribution is -2.43. The molecule has 76 valence electrons. The van der Waals surface area contributed by atoms with E-state index in [9.17, 15) is 4.79 Å². The molecule has 0 aromatic carbocycles. The summed E-state index contributed by atoms with van der Waals surface area (Å²) in [4.78, 5) is 13.5. The molecule has 0 radical (unpaired) electrons. The van der Waals surface area contributed by atoms with Gasteiger partial charge in [0.1, 0.15) is 0 Å². The van der Waals surface area contributed by atoms with Gasteiger partial charge in [0.25, 0.3) is 0 Å². The van der Waals surface area contributed by atoms with Crippen LogP contribution in [0.4, 0.5) is 0 Å². The molecular weight excluding hydrogens is 184 g/mol. The van der Waals surface area contributed by atoms with Gasteiger partial charge in [-0.25, -0.2) is 0 Å². The Morgan fingerprint density at radius 1 is 1.54 bits per heavy atom. The van der Waals surface area contributed by atoms with Crippen LogP contribution in [0.25, 0.3) is 0 Å². The van der Waals surface area contributed by atoms with Gasteiger partial charge in [-0.2, -0.15) is 12.6 Å². The molecule has 1 aliphatic rings. The van der Waals surface area contributed by atoms with E-state index in [0.717, 1.165) is 25.9 Å². The number of likely N-dealkylation sites (tertiary alicyclic amines) is 1. The second-order valence-electron chi connectivity index (χ2n) is 3.62. The van der Waals surface area contributed by atoms with E-state index < -0.39 is 0 Å².